The van der Waals surface area contributed by atoms with Gasteiger partial charge in [-0.05, 0) is 58.7 Å². The Labute approximate surface area is 219 Å². The van der Waals surface area contributed by atoms with Gasteiger partial charge in [-0.15, -0.1) is 11.3 Å². The van der Waals surface area contributed by atoms with Gasteiger partial charge in [-0.25, -0.2) is 0 Å². The maximum atomic E-state index is 3.96. The fraction of sp³-hybridized carbons (Fsp3) is 0.0286. The summed E-state index contributed by atoms with van der Waals surface area (Å²) in [7, 11) is 0. The third-order valence-corrected chi connectivity index (χ3v) is 9.06. The number of allylic oxidation sites excluding steroid dienone is 2. The van der Waals surface area contributed by atoms with Crippen molar-refractivity contribution in [2.75, 3.05) is 0 Å². The molecule has 0 spiro atoms. The fourth-order valence-electron chi connectivity index (χ4n) is 6.43. The molecule has 0 saturated heterocycles. The molecule has 0 bridgehead atoms. The molecule has 7 aromatic rings. The zero-order valence-electron chi connectivity index (χ0n) is 20.5. The topological polar surface area (TPSA) is 4.93 Å². The highest BCUT2D eigenvalue weighted by molar-refractivity contribution is 7.26. The number of aryl methyl sites for hydroxylation is 1. The van der Waals surface area contributed by atoms with Crippen molar-refractivity contribution in [3.63, 3.8) is 0 Å². The van der Waals surface area contributed by atoms with Crippen LogP contribution in [0.25, 0.3) is 75.9 Å². The summed E-state index contributed by atoms with van der Waals surface area (Å²) in [6, 6.07) is 33.2. The minimum Gasteiger partial charge on any atom is -0.309 e. The van der Waals surface area contributed by atoms with E-state index >= 15 is 0 Å². The van der Waals surface area contributed by atoms with Crippen molar-refractivity contribution in [1.29, 1.82) is 0 Å². The molecule has 8 rings (SSSR count). The lowest BCUT2D eigenvalue weighted by Gasteiger charge is -2.14. The molecule has 174 valence electrons. The third kappa shape index (κ3) is 2.63. The van der Waals surface area contributed by atoms with Crippen molar-refractivity contribution >= 4 is 59.3 Å². The molecular weight excluding hydrogens is 466 g/mol. The van der Waals surface area contributed by atoms with Gasteiger partial charge in [0.15, 0.2) is 0 Å². The van der Waals surface area contributed by atoms with Crippen LogP contribution < -0.4 is 0 Å². The van der Waals surface area contributed by atoms with E-state index in [0.29, 0.717) is 0 Å². The number of benzene rings is 5. The van der Waals surface area contributed by atoms with Gasteiger partial charge >= 0.3 is 0 Å². The Morgan fingerprint density at radius 3 is 2.24 bits per heavy atom. The number of thiophene rings is 1. The van der Waals surface area contributed by atoms with E-state index in [9.17, 15) is 0 Å². The molecule has 2 heteroatoms. The summed E-state index contributed by atoms with van der Waals surface area (Å²) in [4.78, 5) is 0. The van der Waals surface area contributed by atoms with Gasteiger partial charge in [0.25, 0.3) is 0 Å². The van der Waals surface area contributed by atoms with Crippen molar-refractivity contribution in [3.8, 4) is 27.9 Å². The minimum absolute atomic E-state index is 1.18. The first kappa shape index (κ1) is 20.8. The number of aromatic nitrogens is 1. The number of hydrogen-bond acceptors (Lipinski definition) is 1. The molecule has 2 aromatic heterocycles. The molecule has 1 nitrogen and oxygen atoms in total. The second-order valence-electron chi connectivity index (χ2n) is 9.76. The lowest BCUT2D eigenvalue weighted by atomic mass is 9.94. The van der Waals surface area contributed by atoms with Gasteiger partial charge in [0.05, 0.1) is 5.52 Å². The van der Waals surface area contributed by atoms with Crippen molar-refractivity contribution < 1.29 is 0 Å². The van der Waals surface area contributed by atoms with Crippen LogP contribution in [0.15, 0.2) is 110 Å². The summed E-state index contributed by atoms with van der Waals surface area (Å²) < 4.78 is 5.18. The highest BCUT2D eigenvalue weighted by Gasteiger charge is 2.31. The van der Waals surface area contributed by atoms with Crippen LogP contribution in [0.4, 0.5) is 0 Å². The predicted molar refractivity (Wildman–Crippen MR) is 162 cm³/mol. The number of hydrogen-bond donors (Lipinski definition) is 0. The van der Waals surface area contributed by atoms with Crippen LogP contribution in [-0.4, -0.2) is 4.57 Å². The lowest BCUT2D eigenvalue weighted by molar-refractivity contribution is 1.10. The van der Waals surface area contributed by atoms with Crippen molar-refractivity contribution in [1.82, 2.24) is 4.57 Å². The Hall–Kier alpha value is -4.40. The molecule has 1 aliphatic rings. The molecule has 0 aliphatic heterocycles. The van der Waals surface area contributed by atoms with Crippen LogP contribution in [0.2, 0.25) is 0 Å². The predicted octanol–water partition coefficient (Wildman–Crippen LogP) is 10.3. The van der Waals surface area contributed by atoms with Crippen LogP contribution in [0.3, 0.4) is 0 Å². The maximum Gasteiger partial charge on any atom is 0.0637 e. The summed E-state index contributed by atoms with van der Waals surface area (Å²) in [6.07, 6.45) is 6.13. The van der Waals surface area contributed by atoms with E-state index in [4.69, 9.17) is 0 Å². The molecule has 0 fully saturated rings. The first-order valence-electron chi connectivity index (χ1n) is 12.7. The summed E-state index contributed by atoms with van der Waals surface area (Å²) >= 11 is 1.92. The van der Waals surface area contributed by atoms with E-state index in [-0.39, 0.29) is 0 Å². The van der Waals surface area contributed by atoms with Gasteiger partial charge in [-0.2, -0.15) is 0 Å². The van der Waals surface area contributed by atoms with E-state index in [0.717, 1.165) is 0 Å². The fourth-order valence-corrected chi connectivity index (χ4v) is 7.74. The first-order chi connectivity index (χ1) is 18.3. The van der Waals surface area contributed by atoms with Gasteiger partial charge in [0.2, 0.25) is 0 Å². The zero-order valence-corrected chi connectivity index (χ0v) is 21.3. The first-order valence-corrected chi connectivity index (χ1v) is 13.5. The quantitative estimate of drug-likeness (QED) is 0.218. The Bertz CT molecular complexity index is 2100. The molecule has 0 amide bonds. The highest BCUT2D eigenvalue weighted by atomic mass is 32.1. The van der Waals surface area contributed by atoms with Crippen LogP contribution in [0.5, 0.6) is 0 Å². The number of para-hydroxylation sites is 1. The second-order valence-corrected chi connectivity index (χ2v) is 10.8. The second kappa shape index (κ2) is 7.55. The lowest BCUT2D eigenvalue weighted by Crippen LogP contribution is -1.98. The van der Waals surface area contributed by atoms with Crippen LogP contribution in [-0.2, 0) is 0 Å². The standard InChI is InChI=1S/C35H23NS/c1-3-4-19-27-21(2)29-34(36(27)23-14-6-5-7-15-23)32-26-18-11-13-22-12-10-17-25(30(22)26)31(32)33-24-16-8-9-20-28(24)37-35(29)33/h3-20H,1H2,2H3/b19-4-. The average molecular weight is 490 g/mol. The Morgan fingerprint density at radius 2 is 1.46 bits per heavy atom. The Kier molecular flexibility index (Phi) is 4.24. The third-order valence-electron chi connectivity index (χ3n) is 7.87. The Balaban J connectivity index is 1.72. The number of nitrogens with zero attached hydrogens (tertiary/aromatic N) is 1. The van der Waals surface area contributed by atoms with Gasteiger partial charge in [-0.1, -0.05) is 91.5 Å². The van der Waals surface area contributed by atoms with E-state index in [2.05, 4.69) is 121 Å². The normalized spacial score (nSPS) is 12.5. The molecule has 0 radical (unpaired) electrons. The largest absolute Gasteiger partial charge is 0.309 e. The molecule has 2 heterocycles. The summed E-state index contributed by atoms with van der Waals surface area (Å²) in [5.41, 5.74) is 10.4. The van der Waals surface area contributed by atoms with Gasteiger partial charge in [0.1, 0.15) is 0 Å². The van der Waals surface area contributed by atoms with Gasteiger partial charge < -0.3 is 4.57 Å². The molecule has 0 unspecified atom stereocenters. The van der Waals surface area contributed by atoms with E-state index in [1.807, 2.05) is 17.4 Å². The summed E-state index contributed by atoms with van der Waals surface area (Å²) in [5.74, 6) is 0. The summed E-state index contributed by atoms with van der Waals surface area (Å²) in [5, 5.41) is 6.76. The van der Waals surface area contributed by atoms with Crippen molar-refractivity contribution in [3.05, 3.63) is 121 Å². The minimum atomic E-state index is 1.18. The zero-order chi connectivity index (χ0) is 24.7. The monoisotopic (exact) mass is 489 g/mol. The van der Waals surface area contributed by atoms with Gasteiger partial charge in [-0.3, -0.25) is 0 Å². The summed E-state index contributed by atoms with van der Waals surface area (Å²) in [6.45, 7) is 6.24. The number of fused-ring (bicyclic) bond motifs is 10. The van der Waals surface area contributed by atoms with Crippen LogP contribution in [0, 0.1) is 6.92 Å². The SMILES string of the molecule is C=C/C=C\c1c(C)c2c3sc4ccccc4c3c3c(c2n1-c1ccccc1)-c1cccc2cccc-3c12. The molecule has 1 aliphatic carbocycles. The van der Waals surface area contributed by atoms with Gasteiger partial charge in [0, 0.05) is 48.1 Å². The maximum absolute atomic E-state index is 3.96. The average Bonchev–Trinajstić information content (AvgIpc) is 3.57. The molecule has 0 N–H and O–H groups in total. The molecule has 0 atom stereocenters. The van der Waals surface area contributed by atoms with Crippen molar-refractivity contribution in [2.24, 2.45) is 0 Å². The number of rotatable bonds is 3. The van der Waals surface area contributed by atoms with E-state index in [1.165, 1.54) is 81.0 Å². The van der Waals surface area contributed by atoms with E-state index in [1.54, 1.807) is 0 Å². The molecular formula is C35H23NS. The highest BCUT2D eigenvalue weighted by Crippen LogP contribution is 2.57. The van der Waals surface area contributed by atoms with Crippen LogP contribution in [0.1, 0.15) is 11.3 Å². The molecule has 37 heavy (non-hydrogen) atoms. The van der Waals surface area contributed by atoms with E-state index < -0.39 is 0 Å². The van der Waals surface area contributed by atoms with Crippen molar-refractivity contribution in [2.45, 2.75) is 6.92 Å². The smallest absolute Gasteiger partial charge is 0.0637 e. The van der Waals surface area contributed by atoms with Crippen LogP contribution >= 0.6 is 11.3 Å². The Morgan fingerprint density at radius 1 is 0.730 bits per heavy atom. The molecule has 5 aromatic carbocycles. The molecule has 0 saturated carbocycles.